The van der Waals surface area contributed by atoms with Crippen LogP contribution >= 0.6 is 0 Å². The van der Waals surface area contributed by atoms with Crippen molar-refractivity contribution in [3.05, 3.63) is 30.3 Å². The molecule has 0 aliphatic heterocycles. The highest BCUT2D eigenvalue weighted by Crippen LogP contribution is 2.12. The fourth-order valence-electron chi connectivity index (χ4n) is 1.22. The van der Waals surface area contributed by atoms with Crippen molar-refractivity contribution in [2.45, 2.75) is 13.8 Å². The molecule has 0 aromatic heterocycles. The first-order valence-electron chi connectivity index (χ1n) is 4.13. The maximum Gasteiger partial charge on any atom is 0.0970 e. The zero-order valence-electron chi connectivity index (χ0n) is 7.54. The average molecular weight is 162 g/mol. The number of amidine groups is 1. The van der Waals surface area contributed by atoms with Gasteiger partial charge in [0.15, 0.2) is 0 Å². The lowest BCUT2D eigenvalue weighted by molar-refractivity contribution is 1.04. The van der Waals surface area contributed by atoms with E-state index in [1.54, 1.807) is 6.92 Å². The summed E-state index contributed by atoms with van der Waals surface area (Å²) in [6.07, 6.45) is 0. The van der Waals surface area contributed by atoms with E-state index < -0.39 is 0 Å². The van der Waals surface area contributed by atoms with E-state index in [1.807, 2.05) is 42.2 Å². The van der Waals surface area contributed by atoms with Crippen molar-refractivity contribution in [3.63, 3.8) is 0 Å². The van der Waals surface area contributed by atoms with Gasteiger partial charge in [0.2, 0.25) is 0 Å². The molecule has 0 bridgehead atoms. The van der Waals surface area contributed by atoms with Crippen LogP contribution in [0.25, 0.3) is 0 Å². The fourth-order valence-corrected chi connectivity index (χ4v) is 1.22. The Morgan fingerprint density at radius 2 is 1.92 bits per heavy atom. The van der Waals surface area contributed by atoms with Gasteiger partial charge in [-0.15, -0.1) is 0 Å². The predicted molar refractivity (Wildman–Crippen MR) is 52.9 cm³/mol. The number of hydrogen-bond donors (Lipinski definition) is 1. The largest absolute Gasteiger partial charge is 0.331 e. The second kappa shape index (κ2) is 3.90. The van der Waals surface area contributed by atoms with Gasteiger partial charge in [-0.3, -0.25) is 5.41 Å². The third kappa shape index (κ3) is 1.84. The molecule has 1 N–H and O–H groups in total. The zero-order valence-corrected chi connectivity index (χ0v) is 7.54. The minimum absolute atomic E-state index is 0.587. The van der Waals surface area contributed by atoms with E-state index in [2.05, 4.69) is 0 Å². The molecule has 64 valence electrons. The summed E-state index contributed by atoms with van der Waals surface area (Å²) in [6, 6.07) is 9.99. The van der Waals surface area contributed by atoms with Gasteiger partial charge in [-0.05, 0) is 26.0 Å². The lowest BCUT2D eigenvalue weighted by Gasteiger charge is -2.20. The summed E-state index contributed by atoms with van der Waals surface area (Å²) >= 11 is 0. The van der Waals surface area contributed by atoms with Crippen LogP contribution in [0.4, 0.5) is 5.69 Å². The van der Waals surface area contributed by atoms with E-state index in [0.717, 1.165) is 12.2 Å². The molecule has 2 nitrogen and oxygen atoms in total. The van der Waals surface area contributed by atoms with E-state index in [0.29, 0.717) is 5.84 Å². The molecule has 2 heteroatoms. The maximum atomic E-state index is 7.51. The van der Waals surface area contributed by atoms with Gasteiger partial charge >= 0.3 is 0 Å². The molecule has 1 rings (SSSR count). The van der Waals surface area contributed by atoms with Crippen LogP contribution in [0.1, 0.15) is 13.8 Å². The Hall–Kier alpha value is -1.31. The van der Waals surface area contributed by atoms with E-state index in [4.69, 9.17) is 5.41 Å². The van der Waals surface area contributed by atoms with Crippen LogP contribution in [0.3, 0.4) is 0 Å². The molecule has 0 aliphatic rings. The minimum Gasteiger partial charge on any atom is -0.331 e. The summed E-state index contributed by atoms with van der Waals surface area (Å²) in [5, 5.41) is 7.51. The lowest BCUT2D eigenvalue weighted by Crippen LogP contribution is -2.27. The van der Waals surface area contributed by atoms with Gasteiger partial charge in [-0.2, -0.15) is 0 Å². The number of anilines is 1. The van der Waals surface area contributed by atoms with Crippen molar-refractivity contribution in [2.24, 2.45) is 0 Å². The number of para-hydroxylation sites is 1. The van der Waals surface area contributed by atoms with Crippen LogP contribution in [0.15, 0.2) is 30.3 Å². The molecule has 0 saturated heterocycles. The minimum atomic E-state index is 0.587. The van der Waals surface area contributed by atoms with Crippen molar-refractivity contribution in [1.82, 2.24) is 0 Å². The normalized spacial score (nSPS) is 9.50. The van der Waals surface area contributed by atoms with Gasteiger partial charge in [0.25, 0.3) is 0 Å². The summed E-state index contributed by atoms with van der Waals surface area (Å²) < 4.78 is 0. The van der Waals surface area contributed by atoms with Crippen LogP contribution in [0.5, 0.6) is 0 Å². The van der Waals surface area contributed by atoms with E-state index in [1.165, 1.54) is 0 Å². The summed E-state index contributed by atoms with van der Waals surface area (Å²) in [7, 11) is 0. The van der Waals surface area contributed by atoms with Crippen molar-refractivity contribution in [2.75, 3.05) is 11.4 Å². The first-order chi connectivity index (χ1) is 5.75. The van der Waals surface area contributed by atoms with Gasteiger partial charge in [0, 0.05) is 12.2 Å². The molecule has 0 radical (unpaired) electrons. The molecule has 0 fully saturated rings. The Balaban J connectivity index is 2.88. The van der Waals surface area contributed by atoms with Crippen LogP contribution in [0.2, 0.25) is 0 Å². The number of nitrogens with zero attached hydrogens (tertiary/aromatic N) is 1. The Morgan fingerprint density at radius 3 is 2.33 bits per heavy atom. The Bertz CT molecular complexity index is 254. The highest BCUT2D eigenvalue weighted by atomic mass is 15.2. The highest BCUT2D eigenvalue weighted by molar-refractivity contribution is 5.93. The SMILES string of the molecule is CCN(C(C)=N)c1ccccc1. The summed E-state index contributed by atoms with van der Waals surface area (Å²) in [4.78, 5) is 1.96. The highest BCUT2D eigenvalue weighted by Gasteiger charge is 2.03. The quantitative estimate of drug-likeness (QED) is 0.525. The van der Waals surface area contributed by atoms with Crippen LogP contribution in [-0.2, 0) is 0 Å². The molecule has 0 unspecified atom stereocenters. The molecule has 12 heavy (non-hydrogen) atoms. The molecule has 0 saturated carbocycles. The zero-order chi connectivity index (χ0) is 8.97. The van der Waals surface area contributed by atoms with Gasteiger partial charge in [-0.1, -0.05) is 18.2 Å². The van der Waals surface area contributed by atoms with Crippen molar-refractivity contribution in [1.29, 1.82) is 5.41 Å². The van der Waals surface area contributed by atoms with E-state index in [-0.39, 0.29) is 0 Å². The van der Waals surface area contributed by atoms with Gasteiger partial charge in [0.05, 0.1) is 5.84 Å². The van der Waals surface area contributed by atoms with Crippen molar-refractivity contribution < 1.29 is 0 Å². The predicted octanol–water partition coefficient (Wildman–Crippen LogP) is 2.51. The second-order valence-electron chi connectivity index (χ2n) is 2.67. The van der Waals surface area contributed by atoms with Crippen molar-refractivity contribution in [3.8, 4) is 0 Å². The van der Waals surface area contributed by atoms with Gasteiger partial charge in [-0.25, -0.2) is 0 Å². The van der Waals surface area contributed by atoms with E-state index >= 15 is 0 Å². The average Bonchev–Trinajstić information content (AvgIpc) is 2.07. The number of benzene rings is 1. The van der Waals surface area contributed by atoms with Crippen LogP contribution in [-0.4, -0.2) is 12.4 Å². The number of hydrogen-bond acceptors (Lipinski definition) is 1. The smallest absolute Gasteiger partial charge is 0.0970 e. The van der Waals surface area contributed by atoms with Gasteiger partial charge < -0.3 is 4.90 Å². The standard InChI is InChI=1S/C10H14N2/c1-3-12(9(2)11)10-7-5-4-6-8-10/h4-8,11H,3H2,1-2H3. The molecular weight excluding hydrogens is 148 g/mol. The first-order valence-corrected chi connectivity index (χ1v) is 4.13. The summed E-state index contributed by atoms with van der Waals surface area (Å²) in [5.74, 6) is 0.587. The van der Waals surface area contributed by atoms with Crippen LogP contribution in [0, 0.1) is 5.41 Å². The van der Waals surface area contributed by atoms with Gasteiger partial charge in [0.1, 0.15) is 0 Å². The van der Waals surface area contributed by atoms with E-state index in [9.17, 15) is 0 Å². The number of rotatable bonds is 2. The molecular formula is C10H14N2. The Morgan fingerprint density at radius 1 is 1.33 bits per heavy atom. The first kappa shape index (κ1) is 8.78. The topological polar surface area (TPSA) is 27.1 Å². The second-order valence-corrected chi connectivity index (χ2v) is 2.67. The maximum absolute atomic E-state index is 7.51. The third-order valence-electron chi connectivity index (χ3n) is 1.79. The summed E-state index contributed by atoms with van der Waals surface area (Å²) in [5.41, 5.74) is 1.09. The van der Waals surface area contributed by atoms with Crippen LogP contribution < -0.4 is 4.90 Å². The Labute approximate surface area is 73.3 Å². The monoisotopic (exact) mass is 162 g/mol. The molecule has 0 amide bonds. The lowest BCUT2D eigenvalue weighted by atomic mass is 10.3. The molecule has 0 heterocycles. The number of nitrogens with one attached hydrogen (secondary N) is 1. The Kier molecular flexibility index (Phi) is 2.86. The molecule has 0 spiro atoms. The molecule has 1 aromatic rings. The molecule has 0 atom stereocenters. The fraction of sp³-hybridized carbons (Fsp3) is 0.300. The molecule has 1 aromatic carbocycles. The summed E-state index contributed by atoms with van der Waals surface area (Å²) in [6.45, 7) is 4.70. The van der Waals surface area contributed by atoms with Crippen molar-refractivity contribution >= 4 is 11.5 Å². The molecule has 0 aliphatic carbocycles. The third-order valence-corrected chi connectivity index (χ3v) is 1.79.